The van der Waals surface area contributed by atoms with Crippen LogP contribution in [-0.4, -0.2) is 16.1 Å². The number of nitrogens with zero attached hydrogens (tertiary/aromatic N) is 2. The minimum atomic E-state index is -0.433. The Morgan fingerprint density at radius 2 is 1.97 bits per heavy atom. The summed E-state index contributed by atoms with van der Waals surface area (Å²) in [6.45, 7) is 0. The van der Waals surface area contributed by atoms with Crippen molar-refractivity contribution >= 4 is 22.4 Å². The number of halogens is 1. The second kappa shape index (κ2) is 6.81. The number of rotatable bonds is 3. The normalized spacial score (nSPS) is 18.2. The molecular weight excluding hydrogens is 369 g/mol. The summed E-state index contributed by atoms with van der Waals surface area (Å²) in [5, 5.41) is 8.06. The highest BCUT2D eigenvalue weighted by molar-refractivity contribution is 6.00. The van der Waals surface area contributed by atoms with E-state index in [9.17, 15) is 14.0 Å². The van der Waals surface area contributed by atoms with Crippen molar-refractivity contribution in [1.82, 2.24) is 10.2 Å². The van der Waals surface area contributed by atoms with Gasteiger partial charge in [-0.1, -0.05) is 36.4 Å². The average Bonchev–Trinajstić information content (AvgIpc) is 3.07. The smallest absolute Gasteiger partial charge is 0.272 e. The second-order valence-electron chi connectivity index (χ2n) is 7.39. The first-order chi connectivity index (χ1) is 14.1. The largest absolute Gasteiger partial charge is 0.282 e. The maximum Gasteiger partial charge on any atom is 0.272 e. The maximum atomic E-state index is 14.7. The van der Waals surface area contributed by atoms with Gasteiger partial charge < -0.3 is 0 Å². The van der Waals surface area contributed by atoms with Gasteiger partial charge in [0.2, 0.25) is 5.91 Å². The maximum absolute atomic E-state index is 14.7. The van der Waals surface area contributed by atoms with E-state index in [1.165, 1.54) is 11.0 Å². The lowest BCUT2D eigenvalue weighted by Gasteiger charge is -2.22. The Morgan fingerprint density at radius 3 is 2.83 bits per heavy atom. The van der Waals surface area contributed by atoms with Crippen LogP contribution >= 0.6 is 0 Å². The van der Waals surface area contributed by atoms with Crippen molar-refractivity contribution in [1.29, 1.82) is 0 Å². The molecule has 2 aromatic carbocycles. The minimum absolute atomic E-state index is 0.0892. The predicted molar refractivity (Wildman–Crippen MR) is 109 cm³/mol. The zero-order valence-corrected chi connectivity index (χ0v) is 15.6. The minimum Gasteiger partial charge on any atom is -0.282 e. The number of nitrogens with one attached hydrogen (secondary N) is 1. The van der Waals surface area contributed by atoms with Gasteiger partial charge in [-0.2, -0.15) is 5.10 Å². The van der Waals surface area contributed by atoms with Crippen molar-refractivity contribution in [3.8, 4) is 0 Å². The van der Waals surface area contributed by atoms with E-state index in [4.69, 9.17) is 0 Å². The zero-order valence-electron chi connectivity index (χ0n) is 15.6. The number of aromatic nitrogens is 2. The molecule has 1 unspecified atom stereocenters. The summed E-state index contributed by atoms with van der Waals surface area (Å²) in [4.78, 5) is 26.1. The van der Waals surface area contributed by atoms with E-state index < -0.39 is 5.82 Å². The molecule has 5 rings (SSSR count). The molecule has 0 saturated carbocycles. The highest BCUT2D eigenvalue weighted by Crippen LogP contribution is 2.39. The summed E-state index contributed by atoms with van der Waals surface area (Å²) in [7, 11) is 0. The molecule has 3 aromatic rings. The van der Waals surface area contributed by atoms with Crippen LogP contribution in [0.25, 0.3) is 10.8 Å². The number of aromatic amines is 1. The lowest BCUT2D eigenvalue weighted by molar-refractivity contribution is -0.117. The third-order valence-electron chi connectivity index (χ3n) is 5.57. The van der Waals surface area contributed by atoms with Crippen LogP contribution in [0.2, 0.25) is 0 Å². The van der Waals surface area contributed by atoms with Gasteiger partial charge in [0.05, 0.1) is 16.8 Å². The molecule has 0 spiro atoms. The van der Waals surface area contributed by atoms with E-state index in [2.05, 4.69) is 10.2 Å². The molecule has 2 aliphatic rings. The lowest BCUT2D eigenvalue weighted by Crippen LogP contribution is -2.24. The summed E-state index contributed by atoms with van der Waals surface area (Å²) >= 11 is 0. The predicted octanol–water partition coefficient (Wildman–Crippen LogP) is 3.85. The number of H-pyrrole nitrogens is 1. The lowest BCUT2D eigenvalue weighted by atomic mass is 9.97. The number of anilines is 1. The van der Waals surface area contributed by atoms with Crippen LogP contribution in [0.5, 0.6) is 0 Å². The van der Waals surface area contributed by atoms with Gasteiger partial charge in [-0.05, 0) is 36.3 Å². The topological polar surface area (TPSA) is 66.1 Å². The fourth-order valence-corrected chi connectivity index (χ4v) is 4.17. The van der Waals surface area contributed by atoms with Gasteiger partial charge in [0.1, 0.15) is 5.82 Å². The van der Waals surface area contributed by atoms with Gasteiger partial charge in [0.15, 0.2) is 0 Å². The number of carbonyl (C=O) groups excluding carboxylic acids is 1. The summed E-state index contributed by atoms with van der Waals surface area (Å²) in [6.07, 6.45) is 7.44. The molecule has 1 aliphatic carbocycles. The molecule has 1 saturated heterocycles. The fraction of sp³-hybridized carbons (Fsp3) is 0.174. The van der Waals surface area contributed by atoms with Crippen molar-refractivity contribution in [2.45, 2.75) is 19.3 Å². The number of fused-ring (bicyclic) bond motifs is 2. The van der Waals surface area contributed by atoms with Crippen LogP contribution in [0, 0.1) is 11.7 Å². The zero-order chi connectivity index (χ0) is 20.0. The van der Waals surface area contributed by atoms with Crippen LogP contribution in [0.1, 0.15) is 24.1 Å². The standard InChI is InChI=1S/C23H18FN3O2/c24-18-10-9-14(11-19-16-6-2-3-7-17(16)23(29)26-25-19)12-21(18)27-20-8-4-1-5-15(20)13-22(27)28/h1-4,6-10,12,15H,5,11,13H2,(H,26,29). The number of benzene rings is 2. The van der Waals surface area contributed by atoms with E-state index in [-0.39, 0.29) is 23.1 Å². The van der Waals surface area contributed by atoms with Gasteiger partial charge in [-0.3, -0.25) is 14.5 Å². The molecule has 1 N–H and O–H groups in total. The van der Waals surface area contributed by atoms with Crippen LogP contribution in [0.4, 0.5) is 10.1 Å². The summed E-state index contributed by atoms with van der Waals surface area (Å²) < 4.78 is 14.7. The Morgan fingerprint density at radius 1 is 1.14 bits per heavy atom. The highest BCUT2D eigenvalue weighted by atomic mass is 19.1. The molecule has 29 heavy (non-hydrogen) atoms. The summed E-state index contributed by atoms with van der Waals surface area (Å²) in [6, 6.07) is 12.0. The van der Waals surface area contributed by atoms with Crippen LogP contribution < -0.4 is 10.5 Å². The second-order valence-corrected chi connectivity index (χ2v) is 7.39. The van der Waals surface area contributed by atoms with Gasteiger partial charge in [0, 0.05) is 29.8 Å². The van der Waals surface area contributed by atoms with Gasteiger partial charge in [0.25, 0.3) is 5.56 Å². The van der Waals surface area contributed by atoms with Gasteiger partial charge >= 0.3 is 0 Å². The molecule has 1 atom stereocenters. The van der Waals surface area contributed by atoms with Crippen LogP contribution in [0.3, 0.4) is 0 Å². The molecular formula is C23H18FN3O2. The molecule has 1 aliphatic heterocycles. The fourth-order valence-electron chi connectivity index (χ4n) is 4.17. The van der Waals surface area contributed by atoms with Crippen molar-refractivity contribution < 1.29 is 9.18 Å². The monoisotopic (exact) mass is 387 g/mol. The molecule has 1 aromatic heterocycles. The van der Waals surface area contributed by atoms with E-state index in [0.717, 1.165) is 23.1 Å². The third-order valence-corrected chi connectivity index (χ3v) is 5.57. The molecule has 0 radical (unpaired) electrons. The van der Waals surface area contributed by atoms with Crippen LogP contribution in [0.15, 0.2) is 71.2 Å². The first-order valence-corrected chi connectivity index (χ1v) is 9.56. The van der Waals surface area contributed by atoms with E-state index in [1.807, 2.05) is 30.4 Å². The van der Waals surface area contributed by atoms with Crippen molar-refractivity contribution in [2.75, 3.05) is 4.90 Å². The Bertz CT molecular complexity index is 1260. The van der Waals surface area contributed by atoms with E-state index in [1.54, 1.807) is 24.3 Å². The number of hydrogen-bond acceptors (Lipinski definition) is 3. The third kappa shape index (κ3) is 2.97. The Hall–Kier alpha value is -3.54. The Balaban J connectivity index is 1.55. The number of amides is 1. The number of allylic oxidation sites excluding steroid dienone is 4. The van der Waals surface area contributed by atoms with Gasteiger partial charge in [-0.15, -0.1) is 0 Å². The summed E-state index contributed by atoms with van der Waals surface area (Å²) in [5.74, 6) is -0.411. The molecule has 5 nitrogen and oxygen atoms in total. The molecule has 1 amide bonds. The highest BCUT2D eigenvalue weighted by Gasteiger charge is 2.37. The van der Waals surface area contributed by atoms with Crippen molar-refractivity contribution in [3.63, 3.8) is 0 Å². The van der Waals surface area contributed by atoms with E-state index >= 15 is 0 Å². The average molecular weight is 387 g/mol. The molecule has 0 bridgehead atoms. The van der Waals surface area contributed by atoms with E-state index in [0.29, 0.717) is 23.9 Å². The van der Waals surface area contributed by atoms with Gasteiger partial charge in [-0.25, -0.2) is 9.49 Å². The molecule has 1 fully saturated rings. The SMILES string of the molecule is O=C1CC2CC=CC=C2N1c1cc(Cc2n[nH]c(=O)c3ccccc23)ccc1F. The molecule has 2 heterocycles. The first kappa shape index (κ1) is 17.6. The first-order valence-electron chi connectivity index (χ1n) is 9.56. The Kier molecular flexibility index (Phi) is 4.12. The number of carbonyl (C=O) groups is 1. The summed E-state index contributed by atoms with van der Waals surface area (Å²) in [5.41, 5.74) is 2.39. The number of hydrogen-bond donors (Lipinski definition) is 1. The molecule has 6 heteroatoms. The Labute approximate surface area is 166 Å². The van der Waals surface area contributed by atoms with Crippen molar-refractivity contribution in [2.24, 2.45) is 5.92 Å². The molecule has 144 valence electrons. The quantitative estimate of drug-likeness (QED) is 0.742. The van der Waals surface area contributed by atoms with Crippen LogP contribution in [-0.2, 0) is 11.2 Å². The van der Waals surface area contributed by atoms with Crippen molar-refractivity contribution in [3.05, 3.63) is 93.8 Å².